The molecule has 1 saturated heterocycles. The second kappa shape index (κ2) is 8.81. The normalized spacial score (nSPS) is 17.8. The molecule has 1 aromatic carbocycles. The minimum Gasteiger partial charge on any atom is -0.368 e. The smallest absolute Gasteiger partial charge is 0.236 e. The van der Waals surface area contributed by atoms with Crippen molar-refractivity contribution in [1.82, 2.24) is 19.6 Å². The van der Waals surface area contributed by atoms with Gasteiger partial charge in [-0.1, -0.05) is 30.3 Å². The van der Waals surface area contributed by atoms with Gasteiger partial charge in [0.1, 0.15) is 6.04 Å². The highest BCUT2D eigenvalue weighted by Crippen LogP contribution is 2.14. The van der Waals surface area contributed by atoms with E-state index in [-0.39, 0.29) is 11.8 Å². The summed E-state index contributed by atoms with van der Waals surface area (Å²) in [7, 11) is 1.87. The van der Waals surface area contributed by atoms with Gasteiger partial charge < -0.3 is 10.6 Å². The minimum atomic E-state index is -0.428. The number of rotatable bonds is 7. The third-order valence-electron chi connectivity index (χ3n) is 5.22. The Balaban J connectivity index is 1.54. The van der Waals surface area contributed by atoms with Gasteiger partial charge in [-0.15, -0.1) is 0 Å². The molecule has 3 rings (SSSR count). The van der Waals surface area contributed by atoms with E-state index in [1.165, 1.54) is 5.56 Å². The van der Waals surface area contributed by atoms with Crippen LogP contribution in [0.5, 0.6) is 0 Å². The van der Waals surface area contributed by atoms with E-state index in [1.54, 1.807) is 15.8 Å². The lowest BCUT2D eigenvalue weighted by atomic mass is 10.1. The average Bonchev–Trinajstić information content (AvgIpc) is 3.10. The molecule has 0 aliphatic carbocycles. The van der Waals surface area contributed by atoms with Gasteiger partial charge in [0.05, 0.1) is 0 Å². The van der Waals surface area contributed by atoms with Crippen LogP contribution in [0.1, 0.15) is 17.7 Å². The van der Waals surface area contributed by atoms with Crippen LogP contribution in [0.25, 0.3) is 0 Å². The number of benzene rings is 1. The van der Waals surface area contributed by atoms with Crippen molar-refractivity contribution in [3.05, 3.63) is 53.9 Å². The van der Waals surface area contributed by atoms with Gasteiger partial charge in [-0.25, -0.2) is 0 Å². The molecule has 7 heteroatoms. The zero-order valence-electron chi connectivity index (χ0n) is 15.8. The molecule has 1 aliphatic rings. The molecule has 0 bridgehead atoms. The molecule has 2 heterocycles. The quantitative estimate of drug-likeness (QED) is 0.774. The predicted octanol–water partition coefficient (Wildman–Crippen LogP) is 0.594. The van der Waals surface area contributed by atoms with E-state index in [9.17, 15) is 9.59 Å². The van der Waals surface area contributed by atoms with Crippen LogP contribution in [0.4, 0.5) is 0 Å². The Morgan fingerprint density at radius 1 is 1.15 bits per heavy atom. The number of primary amides is 1. The number of aromatic nitrogens is 2. The predicted molar refractivity (Wildman–Crippen MR) is 103 cm³/mol. The molecular formula is C20H27N5O2. The molecule has 0 spiro atoms. The number of aryl methyl sites for hydroxylation is 2. The Morgan fingerprint density at radius 2 is 1.93 bits per heavy atom. The van der Waals surface area contributed by atoms with Crippen molar-refractivity contribution in [3.8, 4) is 0 Å². The van der Waals surface area contributed by atoms with Gasteiger partial charge in [-0.3, -0.25) is 19.2 Å². The molecule has 0 saturated carbocycles. The van der Waals surface area contributed by atoms with Crippen LogP contribution in [-0.2, 0) is 29.5 Å². The summed E-state index contributed by atoms with van der Waals surface area (Å²) >= 11 is 0. The second-order valence-electron chi connectivity index (χ2n) is 6.98. The van der Waals surface area contributed by atoms with Gasteiger partial charge in [-0.2, -0.15) is 5.10 Å². The Kier molecular flexibility index (Phi) is 6.24. The Labute approximate surface area is 159 Å². The molecule has 2 aromatic rings. The highest BCUT2D eigenvalue weighted by molar-refractivity contribution is 5.82. The SMILES string of the molecule is Cn1nccc1CCC(=O)N1CCN(CCc2ccccc2)[C@H](C(N)=O)C1. The molecule has 1 aliphatic heterocycles. The summed E-state index contributed by atoms with van der Waals surface area (Å²) in [5.41, 5.74) is 7.89. The van der Waals surface area contributed by atoms with Gasteiger partial charge in [0.2, 0.25) is 11.8 Å². The third kappa shape index (κ3) is 4.95. The molecular weight excluding hydrogens is 342 g/mol. The van der Waals surface area contributed by atoms with Crippen molar-refractivity contribution in [2.24, 2.45) is 12.8 Å². The fraction of sp³-hybridized carbons (Fsp3) is 0.450. The molecule has 27 heavy (non-hydrogen) atoms. The van der Waals surface area contributed by atoms with Gasteiger partial charge in [0, 0.05) is 51.5 Å². The summed E-state index contributed by atoms with van der Waals surface area (Å²) in [5, 5.41) is 4.12. The van der Waals surface area contributed by atoms with E-state index in [4.69, 9.17) is 5.73 Å². The minimum absolute atomic E-state index is 0.0603. The molecule has 144 valence electrons. The number of carbonyl (C=O) groups excluding carboxylic acids is 2. The number of amides is 2. The van der Waals surface area contributed by atoms with Crippen molar-refractivity contribution in [2.75, 3.05) is 26.2 Å². The van der Waals surface area contributed by atoms with E-state index in [0.29, 0.717) is 32.5 Å². The van der Waals surface area contributed by atoms with Crippen molar-refractivity contribution in [2.45, 2.75) is 25.3 Å². The monoisotopic (exact) mass is 369 g/mol. The highest BCUT2D eigenvalue weighted by Gasteiger charge is 2.32. The third-order valence-corrected chi connectivity index (χ3v) is 5.22. The first-order chi connectivity index (χ1) is 13.0. The van der Waals surface area contributed by atoms with E-state index < -0.39 is 6.04 Å². The lowest BCUT2D eigenvalue weighted by molar-refractivity contribution is -0.137. The van der Waals surface area contributed by atoms with Gasteiger partial charge in [0.25, 0.3) is 0 Å². The molecule has 1 atom stereocenters. The number of hydrogen-bond donors (Lipinski definition) is 1. The van der Waals surface area contributed by atoms with Gasteiger partial charge in [-0.05, 0) is 24.5 Å². The number of nitrogens with two attached hydrogens (primary N) is 1. The summed E-state index contributed by atoms with van der Waals surface area (Å²) in [6, 6.07) is 11.7. The van der Waals surface area contributed by atoms with Crippen LogP contribution < -0.4 is 5.73 Å². The molecule has 2 amide bonds. The van der Waals surface area contributed by atoms with E-state index in [1.807, 2.05) is 31.3 Å². The summed E-state index contributed by atoms with van der Waals surface area (Å²) in [6.45, 7) is 2.42. The lowest BCUT2D eigenvalue weighted by Crippen LogP contribution is -2.59. The zero-order valence-corrected chi connectivity index (χ0v) is 15.8. The first kappa shape index (κ1) is 19.1. The van der Waals surface area contributed by atoms with Crippen molar-refractivity contribution < 1.29 is 9.59 Å². The second-order valence-corrected chi connectivity index (χ2v) is 6.98. The van der Waals surface area contributed by atoms with Gasteiger partial charge in [0.15, 0.2) is 0 Å². The van der Waals surface area contributed by atoms with Crippen molar-refractivity contribution in [3.63, 3.8) is 0 Å². The molecule has 1 fully saturated rings. The average molecular weight is 369 g/mol. The van der Waals surface area contributed by atoms with E-state index >= 15 is 0 Å². The molecule has 0 unspecified atom stereocenters. The van der Waals surface area contributed by atoms with Gasteiger partial charge >= 0.3 is 0 Å². The summed E-state index contributed by atoms with van der Waals surface area (Å²) in [4.78, 5) is 28.4. The first-order valence-electron chi connectivity index (χ1n) is 9.36. The zero-order chi connectivity index (χ0) is 19.2. The molecule has 2 N–H and O–H groups in total. The fourth-order valence-corrected chi connectivity index (χ4v) is 3.54. The van der Waals surface area contributed by atoms with Crippen LogP contribution in [0.3, 0.4) is 0 Å². The molecule has 1 aromatic heterocycles. The van der Waals surface area contributed by atoms with E-state index in [0.717, 1.165) is 18.7 Å². The van der Waals surface area contributed by atoms with Crippen molar-refractivity contribution >= 4 is 11.8 Å². The summed E-state index contributed by atoms with van der Waals surface area (Å²) in [6.07, 6.45) is 3.65. The standard InChI is InChI=1S/C20H27N5O2/c1-23-17(9-11-22-23)7-8-19(26)25-14-13-24(18(15-25)20(21)27)12-10-16-5-3-2-4-6-16/h2-6,9,11,18H,7-8,10,12-15H2,1H3,(H2,21,27)/t18-/m0/s1. The van der Waals surface area contributed by atoms with Crippen molar-refractivity contribution in [1.29, 1.82) is 0 Å². The Morgan fingerprint density at radius 3 is 2.59 bits per heavy atom. The number of piperazine rings is 1. The molecule has 7 nitrogen and oxygen atoms in total. The maximum absolute atomic E-state index is 12.6. The lowest BCUT2D eigenvalue weighted by Gasteiger charge is -2.40. The van der Waals surface area contributed by atoms with Crippen LogP contribution >= 0.6 is 0 Å². The van der Waals surface area contributed by atoms with Crippen LogP contribution in [0, 0.1) is 0 Å². The van der Waals surface area contributed by atoms with Crippen LogP contribution in [-0.4, -0.2) is 63.6 Å². The highest BCUT2D eigenvalue weighted by atomic mass is 16.2. The number of carbonyl (C=O) groups is 2. The topological polar surface area (TPSA) is 84.5 Å². The van der Waals surface area contributed by atoms with Crippen LogP contribution in [0.2, 0.25) is 0 Å². The largest absolute Gasteiger partial charge is 0.368 e. The van der Waals surface area contributed by atoms with E-state index in [2.05, 4.69) is 22.1 Å². The van der Waals surface area contributed by atoms with Crippen LogP contribution in [0.15, 0.2) is 42.6 Å². The maximum Gasteiger partial charge on any atom is 0.236 e. The maximum atomic E-state index is 12.6. The number of hydrogen-bond acceptors (Lipinski definition) is 4. The summed E-state index contributed by atoms with van der Waals surface area (Å²) in [5.74, 6) is -0.308. The first-order valence-corrected chi connectivity index (χ1v) is 9.36. The number of nitrogens with zero attached hydrogens (tertiary/aromatic N) is 4. The Hall–Kier alpha value is -2.67. The Bertz CT molecular complexity index is 774. The molecule has 0 radical (unpaired) electrons. The summed E-state index contributed by atoms with van der Waals surface area (Å²) < 4.78 is 1.78. The fourth-order valence-electron chi connectivity index (χ4n) is 3.54.